The largest absolute Gasteiger partial charge is 0.464 e. The number of hydrogen-bond acceptors (Lipinski definition) is 7. The Morgan fingerprint density at radius 2 is 1.96 bits per heavy atom. The Hall–Kier alpha value is -2.22. The molecule has 2 aromatic carbocycles. The van der Waals surface area contributed by atoms with Gasteiger partial charge in [0.15, 0.2) is 0 Å². The molecule has 1 heterocycles. The molecule has 1 aromatic heterocycles. The maximum atomic E-state index is 10.9. The number of likely N-dealkylation sites (N-methyl/N-ethyl adjacent to an activating group) is 1. The van der Waals surface area contributed by atoms with Gasteiger partial charge in [0.2, 0.25) is 5.13 Å². The second-order valence-electron chi connectivity index (χ2n) is 6.16. The molecule has 0 bridgehead atoms. The molecular formula is C19H18Cl2N4O2S. The number of esters is 1. The number of benzene rings is 2. The van der Waals surface area contributed by atoms with E-state index in [1.807, 2.05) is 37.1 Å². The fourth-order valence-corrected chi connectivity index (χ4v) is 3.69. The topological polar surface area (TPSA) is 67.2 Å². The van der Waals surface area contributed by atoms with Gasteiger partial charge < -0.3 is 9.64 Å². The molecule has 0 saturated heterocycles. The molecule has 0 fully saturated rings. The van der Waals surface area contributed by atoms with E-state index in [1.165, 1.54) is 18.3 Å². The van der Waals surface area contributed by atoms with Crippen molar-refractivity contribution >= 4 is 67.2 Å². The van der Waals surface area contributed by atoms with Crippen LogP contribution in [0, 0.1) is 6.92 Å². The fourth-order valence-electron chi connectivity index (χ4n) is 2.50. The summed E-state index contributed by atoms with van der Waals surface area (Å²) in [7, 11) is 1.94. The number of carbonyl (C=O) groups is 1. The number of rotatable bonds is 6. The molecule has 0 saturated carbocycles. The Bertz CT molecular complexity index is 1010. The number of halogens is 2. The summed E-state index contributed by atoms with van der Waals surface area (Å²) in [4.78, 5) is 17.3. The molecular weight excluding hydrogens is 419 g/mol. The van der Waals surface area contributed by atoms with Crippen LogP contribution in [0.25, 0.3) is 10.2 Å². The minimum absolute atomic E-state index is 0.278. The summed E-state index contributed by atoms with van der Waals surface area (Å²) in [6.07, 6.45) is 0. The van der Waals surface area contributed by atoms with Crippen LogP contribution >= 0.6 is 34.5 Å². The van der Waals surface area contributed by atoms with Gasteiger partial charge in [-0.15, -0.1) is 10.2 Å². The van der Waals surface area contributed by atoms with E-state index in [4.69, 9.17) is 27.9 Å². The molecule has 3 aromatic rings. The molecule has 0 aliphatic carbocycles. The summed E-state index contributed by atoms with van der Waals surface area (Å²) in [6, 6.07) is 9.37. The zero-order valence-corrected chi connectivity index (χ0v) is 17.9. The molecule has 0 aliphatic heterocycles. The van der Waals surface area contributed by atoms with Gasteiger partial charge in [-0.25, -0.2) is 4.98 Å². The zero-order chi connectivity index (χ0) is 20.3. The summed E-state index contributed by atoms with van der Waals surface area (Å²) >= 11 is 13.5. The van der Waals surface area contributed by atoms with Crippen molar-refractivity contribution in [2.45, 2.75) is 13.8 Å². The first-order valence-corrected chi connectivity index (χ1v) is 10.0. The standard InChI is InChI=1S/C19H18Cl2N4O2S/c1-11-8-13(25(3)6-7-27-12(2)26)4-5-16(11)23-24-19-22-17-9-14(20)15(21)10-18(17)28-19/h4-5,8-10H,6-7H2,1-3H3. The van der Waals surface area contributed by atoms with Gasteiger partial charge in [0.1, 0.15) is 6.61 Å². The number of ether oxygens (including phenoxy) is 1. The highest BCUT2D eigenvalue weighted by Crippen LogP contribution is 2.35. The maximum Gasteiger partial charge on any atom is 0.302 e. The Kier molecular flexibility index (Phi) is 6.49. The minimum Gasteiger partial charge on any atom is -0.464 e. The normalized spacial score (nSPS) is 11.3. The van der Waals surface area contributed by atoms with Crippen LogP contribution in [-0.4, -0.2) is 31.2 Å². The van der Waals surface area contributed by atoms with Gasteiger partial charge in [0.05, 0.1) is 32.5 Å². The predicted molar refractivity (Wildman–Crippen MR) is 115 cm³/mol. The number of nitrogens with zero attached hydrogens (tertiary/aromatic N) is 4. The predicted octanol–water partition coefficient (Wildman–Crippen LogP) is 6.33. The third-order valence-electron chi connectivity index (χ3n) is 4.02. The van der Waals surface area contributed by atoms with Gasteiger partial charge in [-0.1, -0.05) is 34.5 Å². The third-order valence-corrected chi connectivity index (χ3v) is 5.64. The van der Waals surface area contributed by atoms with Crippen LogP contribution in [0.2, 0.25) is 10.0 Å². The first-order valence-electron chi connectivity index (χ1n) is 8.46. The van der Waals surface area contributed by atoms with Crippen LogP contribution in [0.5, 0.6) is 0 Å². The zero-order valence-electron chi connectivity index (χ0n) is 15.6. The molecule has 146 valence electrons. The molecule has 6 nitrogen and oxygen atoms in total. The van der Waals surface area contributed by atoms with E-state index in [0.29, 0.717) is 28.3 Å². The number of thiazole rings is 1. The second kappa shape index (κ2) is 8.86. The molecule has 0 atom stereocenters. The number of fused-ring (bicyclic) bond motifs is 1. The molecule has 28 heavy (non-hydrogen) atoms. The van der Waals surface area contributed by atoms with Gasteiger partial charge in [-0.2, -0.15) is 0 Å². The van der Waals surface area contributed by atoms with E-state index >= 15 is 0 Å². The molecule has 3 rings (SSSR count). The smallest absolute Gasteiger partial charge is 0.302 e. The van der Waals surface area contributed by atoms with Crippen LogP contribution in [-0.2, 0) is 9.53 Å². The average Bonchev–Trinajstić information content (AvgIpc) is 3.02. The van der Waals surface area contributed by atoms with Crippen molar-refractivity contribution < 1.29 is 9.53 Å². The lowest BCUT2D eigenvalue weighted by molar-refractivity contribution is -0.140. The Morgan fingerprint density at radius 3 is 2.68 bits per heavy atom. The van der Waals surface area contributed by atoms with Crippen molar-refractivity contribution in [2.75, 3.05) is 25.1 Å². The van der Waals surface area contributed by atoms with Crippen LogP contribution in [0.15, 0.2) is 40.6 Å². The number of hydrogen-bond donors (Lipinski definition) is 0. The van der Waals surface area contributed by atoms with E-state index in [1.54, 1.807) is 12.1 Å². The van der Waals surface area contributed by atoms with Gasteiger partial charge >= 0.3 is 5.97 Å². The summed E-state index contributed by atoms with van der Waals surface area (Å²) in [6.45, 7) is 4.32. The number of carbonyl (C=O) groups excluding carboxylic acids is 1. The number of aryl methyl sites for hydroxylation is 1. The maximum absolute atomic E-state index is 10.9. The molecule has 9 heteroatoms. The fraction of sp³-hybridized carbons (Fsp3) is 0.263. The number of aromatic nitrogens is 1. The summed E-state index contributed by atoms with van der Waals surface area (Å²) in [5.41, 5.74) is 3.49. The highest BCUT2D eigenvalue weighted by Gasteiger charge is 2.08. The van der Waals surface area contributed by atoms with E-state index in [9.17, 15) is 4.79 Å². The quantitative estimate of drug-likeness (QED) is 0.334. The Morgan fingerprint density at radius 1 is 1.21 bits per heavy atom. The lowest BCUT2D eigenvalue weighted by Crippen LogP contribution is -2.23. The first-order chi connectivity index (χ1) is 13.3. The van der Waals surface area contributed by atoms with Crippen LogP contribution in [0.3, 0.4) is 0 Å². The van der Waals surface area contributed by atoms with E-state index < -0.39 is 0 Å². The Balaban J connectivity index is 1.73. The lowest BCUT2D eigenvalue weighted by Gasteiger charge is -2.19. The Labute approximate surface area is 176 Å². The van der Waals surface area contributed by atoms with E-state index in [2.05, 4.69) is 15.2 Å². The summed E-state index contributed by atoms with van der Waals surface area (Å²) in [5.74, 6) is -0.278. The summed E-state index contributed by atoms with van der Waals surface area (Å²) < 4.78 is 5.89. The number of azo groups is 1. The molecule has 0 amide bonds. The highest BCUT2D eigenvalue weighted by molar-refractivity contribution is 7.22. The van der Waals surface area contributed by atoms with E-state index in [0.717, 1.165) is 27.2 Å². The molecule has 0 unspecified atom stereocenters. The van der Waals surface area contributed by atoms with Gasteiger partial charge in [-0.05, 0) is 42.8 Å². The molecule has 0 N–H and O–H groups in total. The van der Waals surface area contributed by atoms with E-state index in [-0.39, 0.29) is 5.97 Å². The van der Waals surface area contributed by atoms with Crippen LogP contribution < -0.4 is 4.90 Å². The second-order valence-corrected chi connectivity index (χ2v) is 7.99. The van der Waals surface area contributed by atoms with Crippen LogP contribution in [0.4, 0.5) is 16.5 Å². The number of anilines is 1. The van der Waals surface area contributed by atoms with Crippen molar-refractivity contribution in [1.29, 1.82) is 0 Å². The minimum atomic E-state index is -0.278. The van der Waals surface area contributed by atoms with Crippen molar-refractivity contribution in [3.8, 4) is 0 Å². The van der Waals surface area contributed by atoms with Crippen molar-refractivity contribution in [1.82, 2.24) is 4.98 Å². The molecule has 0 spiro atoms. The average molecular weight is 437 g/mol. The lowest BCUT2D eigenvalue weighted by atomic mass is 10.1. The molecule has 0 radical (unpaired) electrons. The highest BCUT2D eigenvalue weighted by atomic mass is 35.5. The van der Waals surface area contributed by atoms with Crippen molar-refractivity contribution in [3.63, 3.8) is 0 Å². The van der Waals surface area contributed by atoms with Crippen molar-refractivity contribution in [2.24, 2.45) is 10.2 Å². The third kappa shape index (κ3) is 4.98. The summed E-state index contributed by atoms with van der Waals surface area (Å²) in [5, 5.41) is 10.1. The first kappa shape index (κ1) is 20.5. The SMILES string of the molecule is CC(=O)OCCN(C)c1ccc(N=Nc2nc3cc(Cl)c(Cl)cc3s2)c(C)c1. The van der Waals surface area contributed by atoms with Gasteiger partial charge in [0, 0.05) is 19.7 Å². The van der Waals surface area contributed by atoms with Gasteiger partial charge in [-0.3, -0.25) is 4.79 Å². The van der Waals surface area contributed by atoms with Crippen LogP contribution in [0.1, 0.15) is 12.5 Å². The monoisotopic (exact) mass is 436 g/mol. The van der Waals surface area contributed by atoms with Crippen molar-refractivity contribution in [3.05, 3.63) is 45.9 Å². The van der Waals surface area contributed by atoms with Gasteiger partial charge in [0.25, 0.3) is 0 Å². The molecule has 0 aliphatic rings.